The van der Waals surface area contributed by atoms with Gasteiger partial charge in [-0.1, -0.05) is 25.6 Å². The van der Waals surface area contributed by atoms with Gasteiger partial charge in [0.1, 0.15) is 5.78 Å². The smallest absolute Gasteiger partial charge is 0.282 e. The Balaban J connectivity index is 2.16. The molecular formula is C10H15NO2S. The predicted octanol–water partition coefficient (Wildman–Crippen LogP) is 2.06. The van der Waals surface area contributed by atoms with E-state index in [1.807, 2.05) is 4.90 Å². The van der Waals surface area contributed by atoms with E-state index in [1.54, 1.807) is 0 Å². The van der Waals surface area contributed by atoms with Crippen molar-refractivity contribution in [2.24, 2.45) is 0 Å². The minimum atomic E-state index is -0.00410. The molecule has 1 atom stereocenters. The molecule has 3 nitrogen and oxygen atoms in total. The molecule has 0 bridgehead atoms. The van der Waals surface area contributed by atoms with Crippen LogP contribution in [-0.4, -0.2) is 33.3 Å². The Morgan fingerprint density at radius 1 is 1.43 bits per heavy atom. The molecule has 0 aromatic heterocycles. The molecule has 2 saturated heterocycles. The number of carbonyl (C=O) groups excluding carboxylic acids is 2. The lowest BCUT2D eigenvalue weighted by Crippen LogP contribution is -2.51. The average molecular weight is 213 g/mol. The second kappa shape index (κ2) is 3.26. The number of fused-ring (bicyclic) bond motifs is 1. The lowest BCUT2D eigenvalue weighted by molar-refractivity contribution is -0.122. The summed E-state index contributed by atoms with van der Waals surface area (Å²) in [5.74, 6) is 0.307. The van der Waals surface area contributed by atoms with Crippen molar-refractivity contribution in [3.05, 3.63) is 0 Å². The van der Waals surface area contributed by atoms with Crippen molar-refractivity contribution in [1.82, 2.24) is 4.90 Å². The standard InChI is InChI=1S/C10H15NO2S/c1-10(2)6-7-5-8(12)3-4-11(7)9(13)14-10/h7H,3-6H2,1-2H3. The molecule has 0 aliphatic carbocycles. The largest absolute Gasteiger partial charge is 0.330 e. The molecule has 2 aliphatic heterocycles. The third kappa shape index (κ3) is 1.80. The Kier molecular flexibility index (Phi) is 2.33. The van der Waals surface area contributed by atoms with Crippen molar-refractivity contribution in [2.45, 2.75) is 43.9 Å². The van der Waals surface area contributed by atoms with Crippen molar-refractivity contribution < 1.29 is 9.59 Å². The highest BCUT2D eigenvalue weighted by molar-refractivity contribution is 8.14. The molecule has 0 radical (unpaired) electrons. The van der Waals surface area contributed by atoms with Gasteiger partial charge in [-0.3, -0.25) is 9.59 Å². The van der Waals surface area contributed by atoms with Crippen LogP contribution in [0.15, 0.2) is 0 Å². The van der Waals surface area contributed by atoms with Crippen molar-refractivity contribution in [3.63, 3.8) is 0 Å². The number of rotatable bonds is 0. The Bertz CT molecular complexity index is 288. The molecule has 4 heteroatoms. The highest BCUT2D eigenvalue weighted by Gasteiger charge is 2.41. The predicted molar refractivity (Wildman–Crippen MR) is 56.4 cm³/mol. The van der Waals surface area contributed by atoms with E-state index in [0.717, 1.165) is 6.42 Å². The van der Waals surface area contributed by atoms with Crippen LogP contribution in [0, 0.1) is 0 Å². The van der Waals surface area contributed by atoms with E-state index in [2.05, 4.69) is 13.8 Å². The molecule has 0 spiro atoms. The first-order valence-corrected chi connectivity index (χ1v) is 5.81. The van der Waals surface area contributed by atoms with Crippen LogP contribution in [0.25, 0.3) is 0 Å². The maximum absolute atomic E-state index is 11.7. The SMILES string of the molecule is CC1(C)CC2CC(=O)CCN2C(=O)S1. The average Bonchev–Trinajstić information content (AvgIpc) is 2.00. The molecule has 2 rings (SSSR count). The molecule has 2 fully saturated rings. The summed E-state index contributed by atoms with van der Waals surface area (Å²) in [5, 5.41) is 0.152. The summed E-state index contributed by atoms with van der Waals surface area (Å²) in [6, 6.07) is 0.167. The fraction of sp³-hybridized carbons (Fsp3) is 0.800. The Morgan fingerprint density at radius 3 is 2.86 bits per heavy atom. The Labute approximate surface area is 88.2 Å². The molecular weight excluding hydrogens is 198 g/mol. The number of Topliss-reactive ketones (excluding diaryl/α,β-unsaturated/α-hetero) is 1. The molecule has 78 valence electrons. The number of hydrogen-bond acceptors (Lipinski definition) is 3. The van der Waals surface area contributed by atoms with Gasteiger partial charge in [0.2, 0.25) is 0 Å². The first-order chi connectivity index (χ1) is 6.48. The normalized spacial score (nSPS) is 31.6. The van der Waals surface area contributed by atoms with Crippen LogP contribution in [0.5, 0.6) is 0 Å². The fourth-order valence-corrected chi connectivity index (χ4v) is 3.34. The second-order valence-electron chi connectivity index (χ2n) is 4.67. The van der Waals surface area contributed by atoms with E-state index in [9.17, 15) is 9.59 Å². The number of thioether (sulfide) groups is 1. The maximum atomic E-state index is 11.7. The van der Waals surface area contributed by atoms with E-state index >= 15 is 0 Å². The van der Waals surface area contributed by atoms with Crippen LogP contribution >= 0.6 is 11.8 Å². The highest BCUT2D eigenvalue weighted by Crippen LogP contribution is 2.40. The summed E-state index contributed by atoms with van der Waals surface area (Å²) in [6.45, 7) is 4.78. The van der Waals surface area contributed by atoms with E-state index in [-0.39, 0.29) is 16.0 Å². The molecule has 2 heterocycles. The third-order valence-electron chi connectivity index (χ3n) is 2.86. The second-order valence-corrected chi connectivity index (χ2v) is 6.33. The lowest BCUT2D eigenvalue weighted by Gasteiger charge is -2.44. The topological polar surface area (TPSA) is 37.4 Å². The number of ketones is 1. The van der Waals surface area contributed by atoms with Gasteiger partial charge in [0.15, 0.2) is 0 Å². The van der Waals surface area contributed by atoms with Crippen LogP contribution in [-0.2, 0) is 4.79 Å². The van der Waals surface area contributed by atoms with Gasteiger partial charge >= 0.3 is 0 Å². The molecule has 0 aromatic carbocycles. The highest BCUT2D eigenvalue weighted by atomic mass is 32.2. The van der Waals surface area contributed by atoms with E-state index in [4.69, 9.17) is 0 Å². The van der Waals surface area contributed by atoms with E-state index in [1.165, 1.54) is 11.8 Å². The number of carbonyl (C=O) groups is 2. The van der Waals surface area contributed by atoms with Gasteiger partial charge in [0.25, 0.3) is 5.24 Å². The van der Waals surface area contributed by atoms with Crippen LogP contribution in [0.2, 0.25) is 0 Å². The zero-order chi connectivity index (χ0) is 10.3. The Morgan fingerprint density at radius 2 is 2.14 bits per heavy atom. The van der Waals surface area contributed by atoms with Crippen molar-refractivity contribution in [1.29, 1.82) is 0 Å². The van der Waals surface area contributed by atoms with E-state index < -0.39 is 0 Å². The third-order valence-corrected chi connectivity index (χ3v) is 3.99. The van der Waals surface area contributed by atoms with Crippen LogP contribution in [0.4, 0.5) is 4.79 Å². The number of amides is 1. The van der Waals surface area contributed by atoms with Gasteiger partial charge in [-0.05, 0) is 6.42 Å². The number of hydrogen-bond donors (Lipinski definition) is 0. The maximum Gasteiger partial charge on any atom is 0.282 e. The number of piperidine rings is 1. The quantitative estimate of drug-likeness (QED) is 0.618. The van der Waals surface area contributed by atoms with Gasteiger partial charge in [0.05, 0.1) is 0 Å². The summed E-state index contributed by atoms with van der Waals surface area (Å²) in [6.07, 6.45) is 2.05. The van der Waals surface area contributed by atoms with E-state index in [0.29, 0.717) is 25.2 Å². The number of nitrogens with zero attached hydrogens (tertiary/aromatic N) is 1. The summed E-state index contributed by atoms with van der Waals surface area (Å²) in [7, 11) is 0. The molecule has 14 heavy (non-hydrogen) atoms. The summed E-state index contributed by atoms with van der Waals surface area (Å²) in [5.41, 5.74) is 0. The van der Waals surface area contributed by atoms with Crippen molar-refractivity contribution in [3.8, 4) is 0 Å². The minimum Gasteiger partial charge on any atom is -0.330 e. The van der Waals surface area contributed by atoms with Gasteiger partial charge < -0.3 is 4.90 Å². The Hall–Kier alpha value is -0.510. The molecule has 1 unspecified atom stereocenters. The molecule has 0 saturated carbocycles. The zero-order valence-electron chi connectivity index (χ0n) is 8.58. The van der Waals surface area contributed by atoms with Gasteiger partial charge in [-0.2, -0.15) is 0 Å². The monoisotopic (exact) mass is 213 g/mol. The van der Waals surface area contributed by atoms with Crippen molar-refractivity contribution in [2.75, 3.05) is 6.54 Å². The first-order valence-electron chi connectivity index (χ1n) is 4.99. The fourth-order valence-electron chi connectivity index (χ4n) is 2.23. The van der Waals surface area contributed by atoms with Crippen LogP contribution in [0.3, 0.4) is 0 Å². The lowest BCUT2D eigenvalue weighted by atomic mass is 9.93. The van der Waals surface area contributed by atoms with Gasteiger partial charge in [-0.15, -0.1) is 0 Å². The van der Waals surface area contributed by atoms with Crippen LogP contribution < -0.4 is 0 Å². The summed E-state index contributed by atoms with van der Waals surface area (Å²) >= 11 is 1.41. The van der Waals surface area contributed by atoms with Crippen molar-refractivity contribution >= 4 is 22.8 Å². The molecule has 0 aromatic rings. The molecule has 2 aliphatic rings. The summed E-state index contributed by atoms with van der Waals surface area (Å²) < 4.78 is -0.00410. The zero-order valence-corrected chi connectivity index (χ0v) is 9.39. The van der Waals surface area contributed by atoms with Gasteiger partial charge in [0, 0.05) is 30.2 Å². The van der Waals surface area contributed by atoms with Crippen LogP contribution in [0.1, 0.15) is 33.1 Å². The molecule has 1 amide bonds. The minimum absolute atomic E-state index is 0.00410. The van der Waals surface area contributed by atoms with Gasteiger partial charge in [-0.25, -0.2) is 0 Å². The molecule has 0 N–H and O–H groups in total. The first kappa shape index (κ1) is 10.0. The summed E-state index contributed by atoms with van der Waals surface area (Å²) in [4.78, 5) is 24.9.